The predicted molar refractivity (Wildman–Crippen MR) is 65.7 cm³/mol. The fourth-order valence-corrected chi connectivity index (χ4v) is 1.19. The lowest BCUT2D eigenvalue weighted by Gasteiger charge is -2.00. The van der Waals surface area contributed by atoms with Gasteiger partial charge in [0.15, 0.2) is 5.82 Å². The molecule has 17 heavy (non-hydrogen) atoms. The molecule has 2 rings (SSSR count). The number of aromatic nitrogens is 4. The lowest BCUT2D eigenvalue weighted by molar-refractivity contribution is 0.642. The second-order valence-electron chi connectivity index (χ2n) is 3.89. The summed E-state index contributed by atoms with van der Waals surface area (Å²) in [5, 5.41) is 4.20. The Morgan fingerprint density at radius 2 is 2.12 bits per heavy atom. The van der Waals surface area contributed by atoms with E-state index in [2.05, 4.69) is 20.1 Å². The Labute approximate surface area is 99.6 Å². The van der Waals surface area contributed by atoms with Gasteiger partial charge in [-0.3, -0.25) is 0 Å². The van der Waals surface area contributed by atoms with E-state index < -0.39 is 0 Å². The Morgan fingerprint density at radius 3 is 2.76 bits per heavy atom. The van der Waals surface area contributed by atoms with E-state index in [9.17, 15) is 0 Å². The molecular formula is C11H14N6. The van der Waals surface area contributed by atoms with Crippen molar-refractivity contribution in [1.29, 1.82) is 0 Å². The summed E-state index contributed by atoms with van der Waals surface area (Å²) >= 11 is 0. The van der Waals surface area contributed by atoms with Crippen LogP contribution >= 0.6 is 0 Å². The van der Waals surface area contributed by atoms with Gasteiger partial charge >= 0.3 is 0 Å². The molecule has 0 saturated heterocycles. The van der Waals surface area contributed by atoms with Gasteiger partial charge in [-0.25, -0.2) is 14.7 Å². The van der Waals surface area contributed by atoms with Crippen molar-refractivity contribution in [1.82, 2.24) is 24.6 Å². The summed E-state index contributed by atoms with van der Waals surface area (Å²) in [6, 6.07) is 3.87. The Hall–Kier alpha value is -2.24. The van der Waals surface area contributed by atoms with Crippen LogP contribution in [0.3, 0.4) is 0 Å². The van der Waals surface area contributed by atoms with Crippen molar-refractivity contribution in [3.05, 3.63) is 30.2 Å². The van der Waals surface area contributed by atoms with Crippen molar-refractivity contribution in [2.24, 2.45) is 4.99 Å². The quantitative estimate of drug-likeness (QED) is 0.587. The molecule has 88 valence electrons. The van der Waals surface area contributed by atoms with Crippen LogP contribution in [-0.2, 0) is 0 Å². The maximum atomic E-state index is 4.26. The van der Waals surface area contributed by atoms with Crippen LogP contribution < -0.4 is 0 Å². The topological polar surface area (TPSA) is 59.2 Å². The SMILES string of the molecule is Cc1ccc(-n2cnc(N=CN(C)C)n2)nc1. The highest BCUT2D eigenvalue weighted by molar-refractivity contribution is 5.57. The first kappa shape index (κ1) is 11.3. The van der Waals surface area contributed by atoms with Gasteiger partial charge in [0.25, 0.3) is 5.95 Å². The molecule has 2 aromatic heterocycles. The number of pyridine rings is 1. The van der Waals surface area contributed by atoms with Crippen LogP contribution in [0.1, 0.15) is 5.56 Å². The fraction of sp³-hybridized carbons (Fsp3) is 0.273. The summed E-state index contributed by atoms with van der Waals surface area (Å²) < 4.78 is 1.60. The molecule has 0 aliphatic heterocycles. The molecule has 0 unspecified atom stereocenters. The van der Waals surface area contributed by atoms with Gasteiger partial charge in [0.1, 0.15) is 6.33 Å². The van der Waals surface area contributed by atoms with Gasteiger partial charge in [0, 0.05) is 20.3 Å². The Bertz CT molecular complexity index is 511. The van der Waals surface area contributed by atoms with Crippen molar-refractivity contribution in [3.63, 3.8) is 0 Å². The second-order valence-corrected chi connectivity index (χ2v) is 3.89. The zero-order valence-corrected chi connectivity index (χ0v) is 10.1. The molecule has 0 aromatic carbocycles. The number of hydrogen-bond donors (Lipinski definition) is 0. The highest BCUT2D eigenvalue weighted by atomic mass is 15.4. The molecule has 0 aliphatic rings. The largest absolute Gasteiger partial charge is 0.369 e. The molecule has 2 heterocycles. The summed E-state index contributed by atoms with van der Waals surface area (Å²) in [6.45, 7) is 1.99. The molecular weight excluding hydrogens is 216 g/mol. The number of nitrogens with zero attached hydrogens (tertiary/aromatic N) is 6. The summed E-state index contributed by atoms with van der Waals surface area (Å²) in [6.07, 6.45) is 5.04. The monoisotopic (exact) mass is 230 g/mol. The maximum Gasteiger partial charge on any atom is 0.270 e. The van der Waals surface area contributed by atoms with Crippen molar-refractivity contribution in [2.75, 3.05) is 14.1 Å². The van der Waals surface area contributed by atoms with Crippen LogP contribution in [0, 0.1) is 6.92 Å². The normalized spacial score (nSPS) is 11.0. The van der Waals surface area contributed by atoms with Crippen LogP contribution in [-0.4, -0.2) is 45.1 Å². The molecule has 0 fully saturated rings. The summed E-state index contributed by atoms with van der Waals surface area (Å²) in [4.78, 5) is 14.3. The molecule has 0 aliphatic carbocycles. The van der Waals surface area contributed by atoms with Crippen molar-refractivity contribution >= 4 is 12.3 Å². The van der Waals surface area contributed by atoms with Crippen LogP contribution in [0.2, 0.25) is 0 Å². The Morgan fingerprint density at radius 1 is 1.29 bits per heavy atom. The van der Waals surface area contributed by atoms with E-state index in [0.717, 1.165) is 11.4 Å². The van der Waals surface area contributed by atoms with Gasteiger partial charge in [-0.15, -0.1) is 5.10 Å². The summed E-state index contributed by atoms with van der Waals surface area (Å²) in [7, 11) is 3.78. The Kier molecular flexibility index (Phi) is 3.13. The van der Waals surface area contributed by atoms with E-state index in [-0.39, 0.29) is 0 Å². The number of hydrogen-bond acceptors (Lipinski definition) is 4. The first-order chi connectivity index (χ1) is 8.15. The van der Waals surface area contributed by atoms with Gasteiger partial charge in [0.05, 0.1) is 6.34 Å². The molecule has 0 atom stereocenters. The second kappa shape index (κ2) is 4.73. The van der Waals surface area contributed by atoms with Crippen molar-refractivity contribution < 1.29 is 0 Å². The molecule has 0 spiro atoms. The highest BCUT2D eigenvalue weighted by Crippen LogP contribution is 2.07. The minimum Gasteiger partial charge on any atom is -0.369 e. The van der Waals surface area contributed by atoms with E-state index in [1.54, 1.807) is 23.5 Å². The zero-order valence-electron chi connectivity index (χ0n) is 10.1. The van der Waals surface area contributed by atoms with Crippen LogP contribution in [0.25, 0.3) is 5.82 Å². The molecule has 0 N–H and O–H groups in total. The first-order valence-electron chi connectivity index (χ1n) is 5.20. The molecule has 0 amide bonds. The summed E-state index contributed by atoms with van der Waals surface area (Å²) in [5.74, 6) is 1.15. The van der Waals surface area contributed by atoms with Gasteiger partial charge in [0.2, 0.25) is 0 Å². The maximum absolute atomic E-state index is 4.26. The lowest BCUT2D eigenvalue weighted by atomic mass is 10.3. The number of rotatable bonds is 3. The van der Waals surface area contributed by atoms with Crippen molar-refractivity contribution in [3.8, 4) is 5.82 Å². The molecule has 6 nitrogen and oxygen atoms in total. The Balaban J connectivity index is 2.21. The predicted octanol–water partition coefficient (Wildman–Crippen LogP) is 1.19. The zero-order chi connectivity index (χ0) is 12.3. The van der Waals surface area contributed by atoms with E-state index >= 15 is 0 Å². The third-order valence-corrected chi connectivity index (χ3v) is 2.01. The van der Waals surface area contributed by atoms with E-state index in [0.29, 0.717) is 5.95 Å². The average molecular weight is 230 g/mol. The minimum absolute atomic E-state index is 0.418. The molecule has 0 bridgehead atoms. The fourth-order valence-electron chi connectivity index (χ4n) is 1.19. The smallest absolute Gasteiger partial charge is 0.270 e. The van der Waals surface area contributed by atoms with Crippen LogP contribution in [0.5, 0.6) is 0 Å². The van der Waals surface area contributed by atoms with Crippen LogP contribution in [0.4, 0.5) is 5.95 Å². The first-order valence-corrected chi connectivity index (χ1v) is 5.20. The van der Waals surface area contributed by atoms with E-state index in [1.165, 1.54) is 0 Å². The molecule has 0 radical (unpaired) electrons. The molecule has 6 heteroatoms. The van der Waals surface area contributed by atoms with Gasteiger partial charge in [-0.2, -0.15) is 4.98 Å². The molecule has 0 saturated carbocycles. The lowest BCUT2D eigenvalue weighted by Crippen LogP contribution is -2.07. The van der Waals surface area contributed by atoms with E-state index in [4.69, 9.17) is 0 Å². The third kappa shape index (κ3) is 2.87. The summed E-state index contributed by atoms with van der Waals surface area (Å²) in [5.41, 5.74) is 1.11. The average Bonchev–Trinajstić information content (AvgIpc) is 2.76. The van der Waals surface area contributed by atoms with E-state index in [1.807, 2.05) is 38.1 Å². The van der Waals surface area contributed by atoms with Crippen molar-refractivity contribution in [2.45, 2.75) is 6.92 Å². The van der Waals surface area contributed by atoms with Gasteiger partial charge in [-0.1, -0.05) is 6.07 Å². The van der Waals surface area contributed by atoms with Gasteiger partial charge in [-0.05, 0) is 18.6 Å². The number of aliphatic imine (C=N–C) groups is 1. The number of aryl methyl sites for hydroxylation is 1. The standard InChI is InChI=1S/C11H14N6/c1-9-4-5-10(12-6-9)17-8-14-11(15-17)13-7-16(2)3/h4-8H,1-3H3. The minimum atomic E-state index is 0.418. The van der Waals surface area contributed by atoms with Gasteiger partial charge < -0.3 is 4.90 Å². The van der Waals surface area contributed by atoms with Crippen LogP contribution in [0.15, 0.2) is 29.6 Å². The third-order valence-electron chi connectivity index (χ3n) is 2.01. The molecule has 2 aromatic rings. The highest BCUT2D eigenvalue weighted by Gasteiger charge is 2.01.